The number of ether oxygens (including phenoxy) is 1. The molecule has 3 rings (SSSR count). The third-order valence-corrected chi connectivity index (χ3v) is 6.67. The number of esters is 1. The van der Waals surface area contributed by atoms with Crippen LogP contribution in [0.25, 0.3) is 0 Å². The molecule has 0 spiro atoms. The van der Waals surface area contributed by atoms with Gasteiger partial charge in [-0.25, -0.2) is 4.79 Å². The molecule has 0 heterocycles. The molecule has 0 amide bonds. The number of aliphatic hydroxyl groups excluding tert-OH is 1. The number of carbonyl (C=O) groups excluding carboxylic acids is 1. The Morgan fingerprint density at radius 1 is 1.35 bits per heavy atom. The zero-order chi connectivity index (χ0) is 14.2. The van der Waals surface area contributed by atoms with Gasteiger partial charge in [0.1, 0.15) is 0 Å². The molecule has 112 valence electrons. The third kappa shape index (κ3) is 1.86. The van der Waals surface area contributed by atoms with E-state index in [2.05, 4.69) is 6.58 Å². The van der Waals surface area contributed by atoms with E-state index in [1.165, 1.54) is 44.6 Å². The van der Waals surface area contributed by atoms with Crippen molar-refractivity contribution in [1.29, 1.82) is 0 Å². The molecule has 20 heavy (non-hydrogen) atoms. The highest BCUT2D eigenvalue weighted by molar-refractivity contribution is 5.81. The van der Waals surface area contributed by atoms with E-state index < -0.39 is 0 Å². The Morgan fingerprint density at radius 2 is 2.20 bits per heavy atom. The number of carbonyl (C=O) groups is 1. The van der Waals surface area contributed by atoms with Crippen LogP contribution in [0, 0.1) is 22.7 Å². The van der Waals surface area contributed by atoms with Crippen molar-refractivity contribution in [2.24, 2.45) is 22.7 Å². The van der Waals surface area contributed by atoms with Crippen molar-refractivity contribution in [1.82, 2.24) is 0 Å². The van der Waals surface area contributed by atoms with Crippen molar-refractivity contribution in [3.05, 3.63) is 12.7 Å². The standard InChI is InChI=1S/C17H26O3/c1-2-15(19)20-11-9-16-7-5-13(12-16)14-4-3-6-17(14,16)8-10-18/h2,13-14,18H,1,3-12H2. The molecule has 0 aromatic heterocycles. The Balaban J connectivity index is 1.75. The first-order valence-corrected chi connectivity index (χ1v) is 8.07. The molecule has 0 aromatic rings. The predicted octanol–water partition coefficient (Wildman–Crippen LogP) is 3.07. The Bertz CT molecular complexity index is 405. The van der Waals surface area contributed by atoms with Crippen LogP contribution in [0.4, 0.5) is 0 Å². The molecule has 3 heteroatoms. The third-order valence-electron chi connectivity index (χ3n) is 6.67. The monoisotopic (exact) mass is 278 g/mol. The lowest BCUT2D eigenvalue weighted by molar-refractivity contribution is -0.139. The van der Waals surface area contributed by atoms with Gasteiger partial charge >= 0.3 is 5.97 Å². The minimum Gasteiger partial charge on any atom is -0.463 e. The summed E-state index contributed by atoms with van der Waals surface area (Å²) in [6, 6.07) is 0. The smallest absolute Gasteiger partial charge is 0.330 e. The van der Waals surface area contributed by atoms with Gasteiger partial charge in [0, 0.05) is 12.7 Å². The largest absolute Gasteiger partial charge is 0.463 e. The molecule has 2 bridgehead atoms. The van der Waals surface area contributed by atoms with Crippen LogP contribution in [0.1, 0.15) is 51.4 Å². The fourth-order valence-electron chi connectivity index (χ4n) is 6.06. The number of rotatable bonds is 6. The van der Waals surface area contributed by atoms with Gasteiger partial charge in [-0.2, -0.15) is 0 Å². The molecule has 0 aromatic carbocycles. The van der Waals surface area contributed by atoms with Gasteiger partial charge in [0.05, 0.1) is 6.61 Å². The maximum absolute atomic E-state index is 11.2. The lowest BCUT2D eigenvalue weighted by atomic mass is 9.57. The van der Waals surface area contributed by atoms with Crippen molar-refractivity contribution in [3.63, 3.8) is 0 Å². The number of fused-ring (bicyclic) bond motifs is 5. The molecular weight excluding hydrogens is 252 g/mol. The van der Waals surface area contributed by atoms with Crippen LogP contribution in [0.15, 0.2) is 12.7 Å². The van der Waals surface area contributed by atoms with Gasteiger partial charge in [0.2, 0.25) is 0 Å². The molecule has 4 atom stereocenters. The topological polar surface area (TPSA) is 46.5 Å². The summed E-state index contributed by atoms with van der Waals surface area (Å²) in [5.41, 5.74) is 0.661. The van der Waals surface area contributed by atoms with Gasteiger partial charge in [-0.3, -0.25) is 0 Å². The van der Waals surface area contributed by atoms with Gasteiger partial charge < -0.3 is 9.84 Å². The molecule has 3 nitrogen and oxygen atoms in total. The normalized spacial score (nSPS) is 41.6. The Kier molecular flexibility index (Phi) is 3.65. The van der Waals surface area contributed by atoms with Crippen LogP contribution < -0.4 is 0 Å². The van der Waals surface area contributed by atoms with Crippen molar-refractivity contribution < 1.29 is 14.6 Å². The van der Waals surface area contributed by atoms with E-state index in [1.54, 1.807) is 0 Å². The second kappa shape index (κ2) is 5.18. The van der Waals surface area contributed by atoms with Crippen LogP contribution >= 0.6 is 0 Å². The van der Waals surface area contributed by atoms with E-state index in [0.717, 1.165) is 24.7 Å². The van der Waals surface area contributed by atoms with E-state index in [9.17, 15) is 9.90 Å². The van der Waals surface area contributed by atoms with Crippen LogP contribution in [0.5, 0.6) is 0 Å². The maximum atomic E-state index is 11.2. The molecule has 3 aliphatic carbocycles. The number of hydrogen-bond acceptors (Lipinski definition) is 3. The zero-order valence-electron chi connectivity index (χ0n) is 12.3. The van der Waals surface area contributed by atoms with Gasteiger partial charge in [0.25, 0.3) is 0 Å². The second-order valence-corrected chi connectivity index (χ2v) is 7.03. The Labute approximate surface area is 121 Å². The van der Waals surface area contributed by atoms with Crippen LogP contribution in [-0.2, 0) is 9.53 Å². The molecule has 0 radical (unpaired) electrons. The van der Waals surface area contributed by atoms with Crippen molar-refractivity contribution in [2.75, 3.05) is 13.2 Å². The average molecular weight is 278 g/mol. The first kappa shape index (κ1) is 14.1. The molecule has 0 aliphatic heterocycles. The summed E-state index contributed by atoms with van der Waals surface area (Å²) in [5.74, 6) is 1.37. The van der Waals surface area contributed by atoms with E-state index in [4.69, 9.17) is 4.74 Å². The minimum absolute atomic E-state index is 0.303. The first-order chi connectivity index (χ1) is 9.67. The predicted molar refractivity (Wildman–Crippen MR) is 77.0 cm³/mol. The summed E-state index contributed by atoms with van der Waals surface area (Å²) in [6.45, 7) is 4.26. The fraction of sp³-hybridized carbons (Fsp3) is 0.824. The van der Waals surface area contributed by atoms with E-state index >= 15 is 0 Å². The SMILES string of the molecule is C=CC(=O)OCCC12CCC(C1)C1CCCC12CCO. The highest BCUT2D eigenvalue weighted by Crippen LogP contribution is 2.74. The molecule has 4 unspecified atom stereocenters. The maximum Gasteiger partial charge on any atom is 0.330 e. The highest BCUT2D eigenvalue weighted by atomic mass is 16.5. The summed E-state index contributed by atoms with van der Waals surface area (Å²) in [5, 5.41) is 9.56. The van der Waals surface area contributed by atoms with Crippen LogP contribution in [-0.4, -0.2) is 24.3 Å². The molecular formula is C17H26O3. The van der Waals surface area contributed by atoms with Gasteiger partial charge in [-0.1, -0.05) is 13.0 Å². The van der Waals surface area contributed by atoms with Crippen LogP contribution in [0.3, 0.4) is 0 Å². The summed E-state index contributed by atoms with van der Waals surface area (Å²) in [7, 11) is 0. The molecule has 3 saturated carbocycles. The average Bonchev–Trinajstić information content (AvgIpc) is 3.09. The van der Waals surface area contributed by atoms with E-state index in [1.807, 2.05) is 0 Å². The zero-order valence-corrected chi connectivity index (χ0v) is 12.3. The van der Waals surface area contributed by atoms with Gasteiger partial charge in [-0.15, -0.1) is 0 Å². The Morgan fingerprint density at radius 3 is 2.95 bits per heavy atom. The minimum atomic E-state index is -0.312. The lowest BCUT2D eigenvalue weighted by Gasteiger charge is -2.48. The fourth-order valence-corrected chi connectivity index (χ4v) is 6.06. The molecule has 0 saturated heterocycles. The van der Waals surface area contributed by atoms with Crippen molar-refractivity contribution in [3.8, 4) is 0 Å². The van der Waals surface area contributed by atoms with Crippen LogP contribution in [0.2, 0.25) is 0 Å². The van der Waals surface area contributed by atoms with E-state index in [-0.39, 0.29) is 5.97 Å². The Hall–Kier alpha value is -0.830. The molecule has 3 aliphatic rings. The van der Waals surface area contributed by atoms with E-state index in [0.29, 0.717) is 24.0 Å². The van der Waals surface area contributed by atoms with Crippen molar-refractivity contribution >= 4 is 5.97 Å². The quantitative estimate of drug-likeness (QED) is 0.600. The lowest BCUT2D eigenvalue weighted by Crippen LogP contribution is -2.42. The first-order valence-electron chi connectivity index (χ1n) is 8.07. The summed E-state index contributed by atoms with van der Waals surface area (Å²) < 4.78 is 5.25. The number of aliphatic hydroxyl groups is 1. The van der Waals surface area contributed by atoms with Gasteiger partial charge in [0.15, 0.2) is 0 Å². The summed E-state index contributed by atoms with van der Waals surface area (Å²) in [6.07, 6.45) is 11.0. The van der Waals surface area contributed by atoms with Crippen molar-refractivity contribution in [2.45, 2.75) is 51.4 Å². The highest BCUT2D eigenvalue weighted by Gasteiger charge is 2.66. The number of hydrogen-bond donors (Lipinski definition) is 1. The van der Waals surface area contributed by atoms with Gasteiger partial charge in [-0.05, 0) is 67.6 Å². The molecule has 1 N–H and O–H groups in total. The molecule has 3 fully saturated rings. The second-order valence-electron chi connectivity index (χ2n) is 7.03. The summed E-state index contributed by atoms with van der Waals surface area (Å²) >= 11 is 0. The summed E-state index contributed by atoms with van der Waals surface area (Å²) in [4.78, 5) is 11.2.